The van der Waals surface area contributed by atoms with Gasteiger partial charge < -0.3 is 4.74 Å². The Kier molecular flexibility index (Phi) is 6.99. The van der Waals surface area contributed by atoms with Crippen molar-refractivity contribution >= 4 is 21.8 Å². The Morgan fingerprint density at radius 1 is 1.12 bits per heavy atom. The van der Waals surface area contributed by atoms with Gasteiger partial charge in [-0.3, -0.25) is 14.6 Å². The lowest BCUT2D eigenvalue weighted by molar-refractivity contribution is -0.140. The number of ether oxygens (including phenoxy) is 1. The molecule has 0 aliphatic rings. The summed E-state index contributed by atoms with van der Waals surface area (Å²) in [5, 5.41) is 0. The number of sulfonamides is 1. The molecule has 0 atom stereocenters. The minimum absolute atomic E-state index is 0.0488. The van der Waals surface area contributed by atoms with Crippen LogP contribution in [-0.4, -0.2) is 38.8 Å². The van der Waals surface area contributed by atoms with E-state index in [4.69, 9.17) is 0 Å². The predicted octanol–water partition coefficient (Wildman–Crippen LogP) is 1.74. The van der Waals surface area contributed by atoms with Gasteiger partial charge in [0, 0.05) is 30.9 Å². The first-order valence-electron chi connectivity index (χ1n) is 8.01. The highest BCUT2D eigenvalue weighted by Crippen LogP contribution is 2.10. The lowest BCUT2D eigenvalue weighted by atomic mass is 10.0. The van der Waals surface area contributed by atoms with Crippen molar-refractivity contribution in [1.82, 2.24) is 9.71 Å². The predicted molar refractivity (Wildman–Crippen MR) is 95.2 cm³/mol. The third-order valence-corrected chi connectivity index (χ3v) is 5.16. The third-order valence-electron chi connectivity index (χ3n) is 3.71. The topological polar surface area (TPSA) is 102 Å². The summed E-state index contributed by atoms with van der Waals surface area (Å²) in [4.78, 5) is 27.0. The van der Waals surface area contributed by atoms with Gasteiger partial charge in [-0.15, -0.1) is 0 Å². The van der Waals surface area contributed by atoms with Crippen molar-refractivity contribution in [2.75, 3.05) is 13.7 Å². The van der Waals surface area contributed by atoms with Crippen LogP contribution >= 0.6 is 0 Å². The second-order valence-corrected chi connectivity index (χ2v) is 7.30. The van der Waals surface area contributed by atoms with Gasteiger partial charge in [0.15, 0.2) is 5.78 Å². The lowest BCUT2D eigenvalue weighted by Crippen LogP contribution is -2.26. The largest absolute Gasteiger partial charge is 0.469 e. The van der Waals surface area contributed by atoms with E-state index >= 15 is 0 Å². The number of hydrogen-bond acceptors (Lipinski definition) is 6. The van der Waals surface area contributed by atoms with Gasteiger partial charge in [0.1, 0.15) is 4.90 Å². The van der Waals surface area contributed by atoms with E-state index in [2.05, 4.69) is 14.4 Å². The van der Waals surface area contributed by atoms with Crippen LogP contribution in [0.25, 0.3) is 0 Å². The molecule has 0 saturated heterocycles. The fourth-order valence-corrected chi connectivity index (χ4v) is 3.23. The van der Waals surface area contributed by atoms with Crippen LogP contribution in [0, 0.1) is 0 Å². The van der Waals surface area contributed by atoms with Crippen LogP contribution in [-0.2, 0) is 26.0 Å². The van der Waals surface area contributed by atoms with Crippen molar-refractivity contribution in [3.63, 3.8) is 0 Å². The number of pyridine rings is 1. The van der Waals surface area contributed by atoms with E-state index in [1.54, 1.807) is 30.3 Å². The zero-order valence-corrected chi connectivity index (χ0v) is 15.2. The first-order valence-corrected chi connectivity index (χ1v) is 9.49. The molecule has 0 bridgehead atoms. The molecule has 0 unspecified atom stereocenters. The Hall–Kier alpha value is -2.58. The molecule has 1 N–H and O–H groups in total. The van der Waals surface area contributed by atoms with Crippen LogP contribution in [0.3, 0.4) is 0 Å². The molecule has 0 spiro atoms. The van der Waals surface area contributed by atoms with E-state index < -0.39 is 16.0 Å². The number of benzene rings is 1. The number of rotatable bonds is 9. The molecule has 8 heteroatoms. The monoisotopic (exact) mass is 376 g/mol. The third kappa shape index (κ3) is 5.75. The molecule has 0 aliphatic heterocycles. The summed E-state index contributed by atoms with van der Waals surface area (Å²) in [6.45, 7) is 0.229. The second-order valence-electron chi connectivity index (χ2n) is 5.53. The fourth-order valence-electron chi connectivity index (χ4n) is 2.24. The van der Waals surface area contributed by atoms with Crippen LogP contribution in [0.1, 0.15) is 28.8 Å². The molecule has 2 rings (SSSR count). The molecule has 2 aromatic rings. The maximum absolute atomic E-state index is 12.1. The van der Waals surface area contributed by atoms with Crippen LogP contribution in [0.15, 0.2) is 53.7 Å². The van der Waals surface area contributed by atoms with Gasteiger partial charge in [-0.1, -0.05) is 24.3 Å². The summed E-state index contributed by atoms with van der Waals surface area (Å²) in [6, 6.07) is 9.91. The molecular weight excluding hydrogens is 356 g/mol. The number of nitrogens with one attached hydrogen (secondary N) is 1. The molecule has 1 heterocycles. The summed E-state index contributed by atoms with van der Waals surface area (Å²) in [7, 11) is -2.30. The van der Waals surface area contributed by atoms with Crippen LogP contribution in [0.5, 0.6) is 0 Å². The zero-order valence-electron chi connectivity index (χ0n) is 14.3. The molecule has 1 aromatic heterocycles. The summed E-state index contributed by atoms with van der Waals surface area (Å²) in [6.07, 6.45) is 3.42. The number of carbonyl (C=O) groups excluding carboxylic acids is 2. The summed E-state index contributed by atoms with van der Waals surface area (Å²) < 4.78 is 31.2. The Balaban J connectivity index is 1.86. The van der Waals surface area contributed by atoms with E-state index in [1.165, 1.54) is 25.6 Å². The number of carbonyl (C=O) groups is 2. The van der Waals surface area contributed by atoms with Crippen molar-refractivity contribution in [3.05, 3.63) is 59.9 Å². The van der Waals surface area contributed by atoms with Gasteiger partial charge in [0.05, 0.1) is 13.5 Å². The van der Waals surface area contributed by atoms with Crippen molar-refractivity contribution in [3.8, 4) is 0 Å². The molecule has 1 aromatic carbocycles. The fraction of sp³-hybridized carbons (Fsp3) is 0.278. The quantitative estimate of drug-likeness (QED) is 0.528. The zero-order chi connectivity index (χ0) is 19.0. The van der Waals surface area contributed by atoms with E-state index in [0.717, 1.165) is 5.56 Å². The van der Waals surface area contributed by atoms with Crippen LogP contribution < -0.4 is 4.72 Å². The van der Waals surface area contributed by atoms with E-state index in [9.17, 15) is 18.0 Å². The second kappa shape index (κ2) is 9.21. The summed E-state index contributed by atoms with van der Waals surface area (Å²) in [5.74, 6) is -0.560. The number of esters is 1. The van der Waals surface area contributed by atoms with Crippen LogP contribution in [0.2, 0.25) is 0 Å². The van der Waals surface area contributed by atoms with Gasteiger partial charge in [-0.2, -0.15) is 0 Å². The number of aromatic nitrogens is 1. The van der Waals surface area contributed by atoms with Crippen molar-refractivity contribution in [1.29, 1.82) is 0 Å². The average molecular weight is 376 g/mol. The number of nitrogens with zero attached hydrogens (tertiary/aromatic N) is 1. The Morgan fingerprint density at radius 2 is 1.85 bits per heavy atom. The SMILES string of the molecule is COC(=O)CCC(=O)c1ccc(CCNS(=O)(=O)c2cccnc2)cc1. The molecule has 0 amide bonds. The van der Waals surface area contributed by atoms with Gasteiger partial charge >= 0.3 is 5.97 Å². The van der Waals surface area contributed by atoms with E-state index in [0.29, 0.717) is 12.0 Å². The number of hydrogen-bond donors (Lipinski definition) is 1. The molecular formula is C18H20N2O5S. The first-order chi connectivity index (χ1) is 12.4. The Morgan fingerprint density at radius 3 is 2.46 bits per heavy atom. The molecule has 0 fully saturated rings. The Bertz CT molecular complexity index is 849. The lowest BCUT2D eigenvalue weighted by Gasteiger charge is -2.07. The van der Waals surface area contributed by atoms with Gasteiger partial charge in [-0.05, 0) is 24.1 Å². The molecule has 0 aliphatic carbocycles. The van der Waals surface area contributed by atoms with Crippen molar-refractivity contribution in [2.24, 2.45) is 0 Å². The molecule has 26 heavy (non-hydrogen) atoms. The van der Waals surface area contributed by atoms with Crippen LogP contribution in [0.4, 0.5) is 0 Å². The van der Waals surface area contributed by atoms with Gasteiger partial charge in [-0.25, -0.2) is 13.1 Å². The van der Waals surface area contributed by atoms with E-state index in [-0.39, 0.29) is 30.1 Å². The van der Waals surface area contributed by atoms with E-state index in [1.807, 2.05) is 0 Å². The highest BCUT2D eigenvalue weighted by Gasteiger charge is 2.13. The Labute approximate surface area is 152 Å². The molecule has 138 valence electrons. The first kappa shape index (κ1) is 19.7. The average Bonchev–Trinajstić information content (AvgIpc) is 2.67. The smallest absolute Gasteiger partial charge is 0.305 e. The van der Waals surface area contributed by atoms with Crippen molar-refractivity contribution < 1.29 is 22.7 Å². The summed E-state index contributed by atoms with van der Waals surface area (Å²) >= 11 is 0. The van der Waals surface area contributed by atoms with Gasteiger partial charge in [0.25, 0.3) is 0 Å². The summed E-state index contributed by atoms with van der Waals surface area (Å²) in [5.41, 5.74) is 1.40. The molecule has 7 nitrogen and oxygen atoms in total. The number of methoxy groups -OCH3 is 1. The molecule has 0 saturated carbocycles. The minimum Gasteiger partial charge on any atom is -0.469 e. The van der Waals surface area contributed by atoms with Crippen molar-refractivity contribution in [2.45, 2.75) is 24.2 Å². The maximum atomic E-state index is 12.1. The maximum Gasteiger partial charge on any atom is 0.305 e. The highest BCUT2D eigenvalue weighted by molar-refractivity contribution is 7.89. The highest BCUT2D eigenvalue weighted by atomic mass is 32.2. The molecule has 0 radical (unpaired) electrons. The van der Waals surface area contributed by atoms with Gasteiger partial charge in [0.2, 0.25) is 10.0 Å². The number of ketones is 1. The minimum atomic E-state index is -3.58. The number of Topliss-reactive ketones (excluding diaryl/α,β-unsaturated/α-hetero) is 1. The normalized spacial score (nSPS) is 11.1. The standard InChI is InChI=1S/C18H20N2O5S/c1-25-18(22)9-8-17(21)15-6-4-14(5-7-15)10-12-20-26(23,24)16-3-2-11-19-13-16/h2-7,11,13,20H,8-10,12H2,1H3.